The zero-order valence-corrected chi connectivity index (χ0v) is 12.8. The van der Waals surface area contributed by atoms with E-state index in [-0.39, 0.29) is 0 Å². The summed E-state index contributed by atoms with van der Waals surface area (Å²) in [4.78, 5) is 2.33. The van der Waals surface area contributed by atoms with E-state index < -0.39 is 6.10 Å². The fourth-order valence-electron chi connectivity index (χ4n) is 2.24. The molecule has 1 rings (SSSR count). The van der Waals surface area contributed by atoms with Crippen LogP contribution < -0.4 is 4.74 Å². The quantitative estimate of drug-likeness (QED) is 0.820. The van der Waals surface area contributed by atoms with Crippen molar-refractivity contribution in [3.05, 3.63) is 29.3 Å². The van der Waals surface area contributed by atoms with E-state index in [4.69, 9.17) is 4.74 Å². The molecule has 0 aliphatic heterocycles. The van der Waals surface area contributed by atoms with Crippen molar-refractivity contribution < 1.29 is 9.84 Å². The third-order valence-electron chi connectivity index (χ3n) is 3.67. The molecular weight excluding hydrogens is 238 g/mol. The number of benzene rings is 1. The van der Waals surface area contributed by atoms with E-state index in [0.717, 1.165) is 23.4 Å². The summed E-state index contributed by atoms with van der Waals surface area (Å²) in [7, 11) is 3.82. The molecule has 0 aliphatic rings. The Morgan fingerprint density at radius 2 is 2.00 bits per heavy atom. The predicted molar refractivity (Wildman–Crippen MR) is 79.5 cm³/mol. The maximum Gasteiger partial charge on any atom is 0.123 e. The Balaban J connectivity index is 2.88. The van der Waals surface area contributed by atoms with Gasteiger partial charge in [-0.25, -0.2) is 0 Å². The topological polar surface area (TPSA) is 32.7 Å². The molecule has 3 heteroatoms. The zero-order valence-electron chi connectivity index (χ0n) is 12.8. The standard InChI is InChI=1S/C16H27NO2/c1-6-7-12(2)17(4)11-15-10-14(13(3)18)8-9-16(15)19-5/h8-10,12-13,18H,6-7,11H2,1-5H3. The lowest BCUT2D eigenvalue weighted by atomic mass is 10.0. The van der Waals surface area contributed by atoms with Gasteiger partial charge >= 0.3 is 0 Å². The highest BCUT2D eigenvalue weighted by atomic mass is 16.5. The molecule has 0 aromatic heterocycles. The van der Waals surface area contributed by atoms with E-state index in [0.29, 0.717) is 6.04 Å². The summed E-state index contributed by atoms with van der Waals surface area (Å²) in [6, 6.07) is 6.45. The van der Waals surface area contributed by atoms with Crippen molar-refractivity contribution in [3.8, 4) is 5.75 Å². The lowest BCUT2D eigenvalue weighted by molar-refractivity contribution is 0.198. The Labute approximate surface area is 117 Å². The lowest BCUT2D eigenvalue weighted by Crippen LogP contribution is -2.28. The summed E-state index contributed by atoms with van der Waals surface area (Å²) >= 11 is 0. The Bertz CT molecular complexity index is 390. The van der Waals surface area contributed by atoms with Gasteiger partial charge in [0, 0.05) is 18.2 Å². The van der Waals surface area contributed by atoms with Crippen LogP contribution in [0, 0.1) is 0 Å². The first kappa shape index (κ1) is 16.0. The highest BCUT2D eigenvalue weighted by Crippen LogP contribution is 2.25. The van der Waals surface area contributed by atoms with Crippen LogP contribution in [-0.4, -0.2) is 30.2 Å². The van der Waals surface area contributed by atoms with Gasteiger partial charge in [-0.2, -0.15) is 0 Å². The fourth-order valence-corrected chi connectivity index (χ4v) is 2.24. The number of hydrogen-bond acceptors (Lipinski definition) is 3. The molecule has 0 radical (unpaired) electrons. The van der Waals surface area contributed by atoms with Crippen molar-refractivity contribution in [3.63, 3.8) is 0 Å². The number of ether oxygens (including phenoxy) is 1. The molecule has 1 aromatic carbocycles. The van der Waals surface area contributed by atoms with Gasteiger partial charge in [0.15, 0.2) is 0 Å². The first-order chi connectivity index (χ1) is 8.99. The Morgan fingerprint density at radius 1 is 1.32 bits per heavy atom. The number of methoxy groups -OCH3 is 1. The second kappa shape index (κ2) is 7.51. The highest BCUT2D eigenvalue weighted by molar-refractivity contribution is 5.38. The smallest absolute Gasteiger partial charge is 0.123 e. The maximum atomic E-state index is 9.68. The second-order valence-electron chi connectivity index (χ2n) is 5.30. The SMILES string of the molecule is CCCC(C)N(C)Cc1cc(C(C)O)ccc1OC. The zero-order chi connectivity index (χ0) is 14.4. The average molecular weight is 265 g/mol. The van der Waals surface area contributed by atoms with Crippen molar-refractivity contribution in [2.45, 2.75) is 52.3 Å². The van der Waals surface area contributed by atoms with Crippen LogP contribution in [0.3, 0.4) is 0 Å². The molecule has 0 aliphatic carbocycles. The maximum absolute atomic E-state index is 9.68. The third-order valence-corrected chi connectivity index (χ3v) is 3.67. The molecule has 19 heavy (non-hydrogen) atoms. The van der Waals surface area contributed by atoms with Crippen LogP contribution in [0.15, 0.2) is 18.2 Å². The molecule has 2 atom stereocenters. The molecule has 1 aromatic rings. The lowest BCUT2D eigenvalue weighted by Gasteiger charge is -2.25. The van der Waals surface area contributed by atoms with Gasteiger partial charge in [0.2, 0.25) is 0 Å². The van der Waals surface area contributed by atoms with E-state index in [1.165, 1.54) is 12.8 Å². The van der Waals surface area contributed by atoms with Crippen molar-refractivity contribution in [1.82, 2.24) is 4.90 Å². The van der Waals surface area contributed by atoms with Gasteiger partial charge in [0.05, 0.1) is 13.2 Å². The van der Waals surface area contributed by atoms with Crippen molar-refractivity contribution in [2.75, 3.05) is 14.2 Å². The third kappa shape index (κ3) is 4.51. The molecular formula is C16H27NO2. The van der Waals surface area contributed by atoms with Crippen molar-refractivity contribution >= 4 is 0 Å². The van der Waals surface area contributed by atoms with Gasteiger partial charge in [0.1, 0.15) is 5.75 Å². The summed E-state index contributed by atoms with van der Waals surface area (Å²) in [6.07, 6.45) is 1.94. The minimum absolute atomic E-state index is 0.442. The minimum Gasteiger partial charge on any atom is -0.496 e. The minimum atomic E-state index is -0.442. The first-order valence-corrected chi connectivity index (χ1v) is 7.04. The average Bonchev–Trinajstić information content (AvgIpc) is 2.38. The van der Waals surface area contributed by atoms with Crippen LogP contribution in [0.1, 0.15) is 50.8 Å². The Morgan fingerprint density at radius 3 is 2.53 bits per heavy atom. The monoisotopic (exact) mass is 265 g/mol. The van der Waals surface area contributed by atoms with Gasteiger partial charge in [-0.1, -0.05) is 19.4 Å². The summed E-state index contributed by atoms with van der Waals surface area (Å²) < 4.78 is 5.41. The Hall–Kier alpha value is -1.06. The summed E-state index contributed by atoms with van der Waals surface area (Å²) in [5, 5.41) is 9.68. The van der Waals surface area contributed by atoms with E-state index in [1.54, 1.807) is 14.0 Å². The predicted octanol–water partition coefficient (Wildman–Crippen LogP) is 3.37. The molecule has 108 valence electrons. The molecule has 0 heterocycles. The van der Waals surface area contributed by atoms with Crippen molar-refractivity contribution in [1.29, 1.82) is 0 Å². The summed E-state index contributed by atoms with van der Waals surface area (Å²) in [5.41, 5.74) is 2.07. The van der Waals surface area contributed by atoms with Crippen LogP contribution in [0.5, 0.6) is 5.75 Å². The molecule has 0 spiro atoms. The van der Waals surface area contributed by atoms with Crippen molar-refractivity contribution in [2.24, 2.45) is 0 Å². The van der Waals surface area contributed by atoms with Crippen LogP contribution >= 0.6 is 0 Å². The number of nitrogens with zero attached hydrogens (tertiary/aromatic N) is 1. The molecule has 2 unspecified atom stereocenters. The highest BCUT2D eigenvalue weighted by Gasteiger charge is 2.13. The van der Waals surface area contributed by atoms with Crippen LogP contribution in [0.4, 0.5) is 0 Å². The van der Waals surface area contributed by atoms with E-state index in [1.807, 2.05) is 18.2 Å². The number of rotatable bonds is 7. The molecule has 3 nitrogen and oxygen atoms in total. The normalized spacial score (nSPS) is 14.5. The van der Waals surface area contributed by atoms with Crippen LogP contribution in [0.25, 0.3) is 0 Å². The van der Waals surface area contributed by atoms with E-state index >= 15 is 0 Å². The van der Waals surface area contributed by atoms with Gasteiger partial charge in [-0.05, 0) is 45.0 Å². The number of aliphatic hydroxyl groups is 1. The van der Waals surface area contributed by atoms with Gasteiger partial charge in [-0.15, -0.1) is 0 Å². The van der Waals surface area contributed by atoms with Gasteiger partial charge in [-0.3, -0.25) is 4.90 Å². The largest absolute Gasteiger partial charge is 0.496 e. The van der Waals surface area contributed by atoms with Gasteiger partial charge < -0.3 is 9.84 Å². The summed E-state index contributed by atoms with van der Waals surface area (Å²) in [6.45, 7) is 7.08. The molecule has 0 saturated heterocycles. The van der Waals surface area contributed by atoms with E-state index in [9.17, 15) is 5.11 Å². The number of aliphatic hydroxyl groups excluding tert-OH is 1. The fraction of sp³-hybridized carbons (Fsp3) is 0.625. The number of hydrogen-bond donors (Lipinski definition) is 1. The summed E-state index contributed by atoms with van der Waals surface area (Å²) in [5.74, 6) is 0.889. The molecule has 0 fully saturated rings. The second-order valence-corrected chi connectivity index (χ2v) is 5.30. The molecule has 0 saturated carbocycles. The van der Waals surface area contributed by atoms with Gasteiger partial charge in [0.25, 0.3) is 0 Å². The molecule has 0 amide bonds. The first-order valence-electron chi connectivity index (χ1n) is 7.04. The molecule has 0 bridgehead atoms. The molecule has 1 N–H and O–H groups in total. The Kier molecular flexibility index (Phi) is 6.32. The van der Waals surface area contributed by atoms with E-state index in [2.05, 4.69) is 25.8 Å². The van der Waals surface area contributed by atoms with Crippen LogP contribution in [0.2, 0.25) is 0 Å². The van der Waals surface area contributed by atoms with Crippen LogP contribution in [-0.2, 0) is 6.54 Å².